The van der Waals surface area contributed by atoms with Gasteiger partial charge in [0, 0.05) is 6.54 Å². The van der Waals surface area contributed by atoms with E-state index in [9.17, 15) is 4.79 Å². The van der Waals surface area contributed by atoms with Gasteiger partial charge in [-0.3, -0.25) is 4.79 Å². The van der Waals surface area contributed by atoms with E-state index in [0.29, 0.717) is 12.3 Å². The molecule has 1 atom stereocenters. The zero-order valence-electron chi connectivity index (χ0n) is 7.73. The van der Waals surface area contributed by atoms with Crippen LogP contribution in [0.15, 0.2) is 11.6 Å². The third kappa shape index (κ3) is 2.07. The molecule has 1 heterocycles. The maximum absolute atomic E-state index is 11.3. The lowest BCUT2D eigenvalue weighted by atomic mass is 10.3. The molecule has 1 aliphatic heterocycles. The average Bonchev–Trinajstić information content (AvgIpc) is 2.55. The van der Waals surface area contributed by atoms with Crippen LogP contribution in [-0.2, 0) is 4.79 Å². The monoisotopic (exact) mass is 207 g/mol. The molecule has 4 nitrogen and oxygen atoms in total. The molecule has 1 unspecified atom stereocenters. The van der Waals surface area contributed by atoms with Crippen molar-refractivity contribution in [1.82, 2.24) is 4.90 Å². The maximum atomic E-state index is 11.3. The molecule has 14 heavy (non-hydrogen) atoms. The Morgan fingerprint density at radius 2 is 2.36 bits per heavy atom. The Balaban J connectivity index is 2.81. The topological polar surface area (TPSA) is 67.9 Å². The Morgan fingerprint density at radius 3 is 2.86 bits per heavy atom. The lowest BCUT2D eigenvalue weighted by Gasteiger charge is -2.18. The van der Waals surface area contributed by atoms with Gasteiger partial charge in [-0.05, 0) is 13.0 Å². The number of amides is 1. The van der Waals surface area contributed by atoms with Crippen LogP contribution in [0.5, 0.6) is 0 Å². The molecule has 0 aromatic carbocycles. The molecule has 1 fully saturated rings. The number of rotatable bonds is 2. The fourth-order valence-corrected chi connectivity index (χ4v) is 2.37. The largest absolute Gasteiger partial charge is 0.327 e. The molecule has 0 spiro atoms. The van der Waals surface area contributed by atoms with Crippen LogP contribution in [0.1, 0.15) is 6.92 Å². The summed E-state index contributed by atoms with van der Waals surface area (Å²) in [6.07, 6.45) is 1.54. The third-order valence-corrected chi connectivity index (χ3v) is 3.04. The van der Waals surface area contributed by atoms with E-state index in [-0.39, 0.29) is 16.9 Å². The van der Waals surface area contributed by atoms with E-state index in [1.54, 1.807) is 23.1 Å². The van der Waals surface area contributed by atoms with E-state index in [1.807, 2.05) is 6.92 Å². The molecule has 0 aromatic rings. The highest BCUT2D eigenvalue weighted by molar-refractivity contribution is 8.01. The fraction of sp³-hybridized carbons (Fsp3) is 0.444. The van der Waals surface area contributed by atoms with Crippen molar-refractivity contribution in [2.45, 2.75) is 12.3 Å². The van der Waals surface area contributed by atoms with Gasteiger partial charge < -0.3 is 4.90 Å². The highest BCUT2D eigenvalue weighted by Crippen LogP contribution is 2.26. The molecule has 1 rings (SSSR count). The highest BCUT2D eigenvalue weighted by atomic mass is 32.2. The molecular formula is C9H9N3OS. The Morgan fingerprint density at radius 1 is 1.71 bits per heavy atom. The summed E-state index contributed by atoms with van der Waals surface area (Å²) in [6, 6.07) is 3.57. The van der Waals surface area contributed by atoms with Crippen molar-refractivity contribution in [3.05, 3.63) is 11.6 Å². The van der Waals surface area contributed by atoms with E-state index in [2.05, 4.69) is 0 Å². The molecule has 0 radical (unpaired) electrons. The molecule has 72 valence electrons. The zero-order valence-corrected chi connectivity index (χ0v) is 8.54. The highest BCUT2D eigenvalue weighted by Gasteiger charge is 2.28. The van der Waals surface area contributed by atoms with Crippen molar-refractivity contribution in [2.75, 3.05) is 12.3 Å². The van der Waals surface area contributed by atoms with Crippen LogP contribution in [0.3, 0.4) is 0 Å². The number of thioether (sulfide) groups is 1. The van der Waals surface area contributed by atoms with Crippen LogP contribution in [0, 0.1) is 22.7 Å². The van der Waals surface area contributed by atoms with Gasteiger partial charge in [0.25, 0.3) is 0 Å². The van der Waals surface area contributed by atoms with E-state index in [0.717, 1.165) is 0 Å². The summed E-state index contributed by atoms with van der Waals surface area (Å²) < 4.78 is 0. The summed E-state index contributed by atoms with van der Waals surface area (Å²) >= 11 is 1.44. The van der Waals surface area contributed by atoms with Crippen molar-refractivity contribution >= 4 is 17.7 Å². The molecular weight excluding hydrogens is 198 g/mol. The summed E-state index contributed by atoms with van der Waals surface area (Å²) in [5, 5.41) is 17.0. The summed E-state index contributed by atoms with van der Waals surface area (Å²) in [4.78, 5) is 12.9. The molecule has 1 aliphatic rings. The maximum Gasteiger partial charge on any atom is 0.233 e. The minimum atomic E-state index is -0.151. The normalized spacial score (nSPS) is 20.1. The summed E-state index contributed by atoms with van der Waals surface area (Å²) in [5.74, 6) is 0.494. The van der Waals surface area contributed by atoms with Gasteiger partial charge in [-0.25, -0.2) is 0 Å². The van der Waals surface area contributed by atoms with Crippen LogP contribution >= 0.6 is 11.8 Å². The third-order valence-electron chi connectivity index (χ3n) is 1.90. The number of allylic oxidation sites excluding steroid dienone is 1. The second kappa shape index (κ2) is 4.69. The van der Waals surface area contributed by atoms with Gasteiger partial charge in [-0.2, -0.15) is 10.5 Å². The first-order valence-electron chi connectivity index (χ1n) is 4.16. The second-order valence-corrected chi connectivity index (χ2v) is 3.79. The Hall–Kier alpha value is -1.46. The number of hydrogen-bond acceptors (Lipinski definition) is 4. The minimum absolute atomic E-state index is 0.0639. The number of likely N-dealkylation sites (N-methyl/N-ethyl adjacent to an activating group) is 1. The van der Waals surface area contributed by atoms with Gasteiger partial charge in [0.15, 0.2) is 0 Å². The molecule has 0 bridgehead atoms. The smallest absolute Gasteiger partial charge is 0.233 e. The SMILES string of the molecule is CCN1C(=O)CSC1C=C(C#N)C#N. The molecule has 0 aliphatic carbocycles. The molecule has 1 amide bonds. The minimum Gasteiger partial charge on any atom is -0.327 e. The van der Waals surface area contributed by atoms with Crippen LogP contribution in [0.2, 0.25) is 0 Å². The van der Waals surface area contributed by atoms with Crippen molar-refractivity contribution in [3.8, 4) is 12.1 Å². The van der Waals surface area contributed by atoms with Crippen LogP contribution in [-0.4, -0.2) is 28.5 Å². The van der Waals surface area contributed by atoms with Crippen molar-refractivity contribution in [2.24, 2.45) is 0 Å². The molecule has 0 aromatic heterocycles. The predicted molar refractivity (Wildman–Crippen MR) is 52.9 cm³/mol. The van der Waals surface area contributed by atoms with Crippen LogP contribution < -0.4 is 0 Å². The first kappa shape index (κ1) is 10.6. The van der Waals surface area contributed by atoms with Crippen LogP contribution in [0.4, 0.5) is 0 Å². The van der Waals surface area contributed by atoms with Crippen LogP contribution in [0.25, 0.3) is 0 Å². The number of carbonyl (C=O) groups excluding carboxylic acids is 1. The number of nitriles is 2. The molecule has 1 saturated heterocycles. The van der Waals surface area contributed by atoms with Crippen molar-refractivity contribution in [1.29, 1.82) is 10.5 Å². The predicted octanol–water partition coefficient (Wildman–Crippen LogP) is 0.881. The summed E-state index contributed by atoms with van der Waals surface area (Å²) in [5.41, 5.74) is 0.0654. The van der Waals surface area contributed by atoms with E-state index in [1.165, 1.54) is 11.8 Å². The number of carbonyl (C=O) groups is 1. The Labute approximate surface area is 86.8 Å². The number of nitrogens with zero attached hydrogens (tertiary/aromatic N) is 3. The van der Waals surface area contributed by atoms with Gasteiger partial charge in [0.05, 0.1) is 11.1 Å². The number of hydrogen-bond donors (Lipinski definition) is 0. The fourth-order valence-electron chi connectivity index (χ4n) is 1.21. The van der Waals surface area contributed by atoms with E-state index in [4.69, 9.17) is 10.5 Å². The molecule has 0 saturated carbocycles. The van der Waals surface area contributed by atoms with E-state index >= 15 is 0 Å². The van der Waals surface area contributed by atoms with Gasteiger partial charge >= 0.3 is 0 Å². The zero-order chi connectivity index (χ0) is 10.6. The first-order chi connectivity index (χ1) is 6.72. The van der Waals surface area contributed by atoms with Gasteiger partial charge in [0.1, 0.15) is 17.7 Å². The van der Waals surface area contributed by atoms with Crippen molar-refractivity contribution < 1.29 is 4.79 Å². The summed E-state index contributed by atoms with van der Waals surface area (Å²) in [6.45, 7) is 2.49. The Kier molecular flexibility index (Phi) is 3.55. The second-order valence-electron chi connectivity index (χ2n) is 2.69. The first-order valence-corrected chi connectivity index (χ1v) is 5.21. The summed E-state index contributed by atoms with van der Waals surface area (Å²) in [7, 11) is 0. The lowest BCUT2D eigenvalue weighted by molar-refractivity contribution is -0.127. The quantitative estimate of drug-likeness (QED) is 0.630. The average molecular weight is 207 g/mol. The standard InChI is InChI=1S/C9H9N3OS/c1-2-12-8(13)6-14-9(12)3-7(4-10)5-11/h3,9H,2,6H2,1H3. The van der Waals surface area contributed by atoms with Crippen molar-refractivity contribution in [3.63, 3.8) is 0 Å². The lowest BCUT2D eigenvalue weighted by Crippen LogP contribution is -2.31. The van der Waals surface area contributed by atoms with Gasteiger partial charge in [-0.15, -0.1) is 11.8 Å². The van der Waals surface area contributed by atoms with Gasteiger partial charge in [-0.1, -0.05) is 0 Å². The van der Waals surface area contributed by atoms with E-state index < -0.39 is 0 Å². The van der Waals surface area contributed by atoms with Gasteiger partial charge in [0.2, 0.25) is 5.91 Å². The molecule has 5 heteroatoms. The Bertz CT molecular complexity index is 334. The molecule has 0 N–H and O–H groups in total.